The van der Waals surface area contributed by atoms with Crippen molar-refractivity contribution in [2.45, 2.75) is 12.5 Å². The van der Waals surface area contributed by atoms with Crippen molar-refractivity contribution in [2.75, 3.05) is 7.11 Å². The molecule has 0 fully saturated rings. The molecule has 2 N–H and O–H groups in total. The summed E-state index contributed by atoms with van der Waals surface area (Å²) in [6.45, 7) is 0. The maximum atomic E-state index is 11.0. The Labute approximate surface area is 104 Å². The zero-order valence-corrected chi connectivity index (χ0v) is 10.7. The van der Waals surface area contributed by atoms with Gasteiger partial charge in [-0.3, -0.25) is 4.79 Å². The number of methoxy groups -OCH3 is 1. The van der Waals surface area contributed by atoms with E-state index < -0.39 is 6.04 Å². The SMILES string of the molecule is COC(=O)C(N)Cc1cccc(Br)c1.Cl. The van der Waals surface area contributed by atoms with Gasteiger partial charge in [-0.25, -0.2) is 0 Å². The number of hydrogen-bond donors (Lipinski definition) is 1. The number of halogens is 2. The fraction of sp³-hybridized carbons (Fsp3) is 0.300. The lowest BCUT2D eigenvalue weighted by molar-refractivity contribution is -0.142. The summed E-state index contributed by atoms with van der Waals surface area (Å²) in [4.78, 5) is 11.0. The molecular weight excluding hydrogens is 281 g/mol. The van der Waals surface area contributed by atoms with Gasteiger partial charge in [-0.05, 0) is 24.1 Å². The quantitative estimate of drug-likeness (QED) is 0.867. The molecule has 0 spiro atoms. The van der Waals surface area contributed by atoms with Gasteiger partial charge in [-0.15, -0.1) is 12.4 Å². The first-order valence-corrected chi connectivity index (χ1v) is 5.00. The van der Waals surface area contributed by atoms with Crippen LogP contribution in [0.4, 0.5) is 0 Å². The van der Waals surface area contributed by atoms with Gasteiger partial charge < -0.3 is 10.5 Å². The molecule has 0 aliphatic heterocycles. The molecule has 0 heterocycles. The molecule has 1 aromatic carbocycles. The zero-order valence-electron chi connectivity index (χ0n) is 8.27. The fourth-order valence-electron chi connectivity index (χ4n) is 1.15. The van der Waals surface area contributed by atoms with Gasteiger partial charge in [0, 0.05) is 4.47 Å². The Kier molecular flexibility index (Phi) is 6.56. The second-order valence-corrected chi connectivity index (χ2v) is 3.88. The van der Waals surface area contributed by atoms with Crippen molar-refractivity contribution in [2.24, 2.45) is 5.73 Å². The highest BCUT2D eigenvalue weighted by Crippen LogP contribution is 2.12. The Morgan fingerprint density at radius 3 is 2.80 bits per heavy atom. The summed E-state index contributed by atoms with van der Waals surface area (Å²) in [5, 5.41) is 0. The third-order valence-electron chi connectivity index (χ3n) is 1.85. The van der Waals surface area contributed by atoms with Gasteiger partial charge in [-0.1, -0.05) is 28.1 Å². The first-order valence-electron chi connectivity index (χ1n) is 4.21. The van der Waals surface area contributed by atoms with Crippen LogP contribution in [0.3, 0.4) is 0 Å². The smallest absolute Gasteiger partial charge is 0.322 e. The summed E-state index contributed by atoms with van der Waals surface area (Å²) in [6.07, 6.45) is 0.492. The first-order chi connectivity index (χ1) is 6.63. The molecule has 0 saturated carbocycles. The van der Waals surface area contributed by atoms with E-state index in [1.807, 2.05) is 24.3 Å². The lowest BCUT2D eigenvalue weighted by Gasteiger charge is -2.08. The van der Waals surface area contributed by atoms with Gasteiger partial charge >= 0.3 is 5.97 Å². The molecule has 15 heavy (non-hydrogen) atoms. The Bertz CT molecular complexity index is 333. The van der Waals surface area contributed by atoms with Crippen LogP contribution < -0.4 is 5.73 Å². The van der Waals surface area contributed by atoms with Gasteiger partial charge in [0.15, 0.2) is 0 Å². The van der Waals surface area contributed by atoms with Gasteiger partial charge in [-0.2, -0.15) is 0 Å². The molecule has 5 heteroatoms. The van der Waals surface area contributed by atoms with Crippen molar-refractivity contribution in [3.63, 3.8) is 0 Å². The zero-order chi connectivity index (χ0) is 10.6. The van der Waals surface area contributed by atoms with E-state index in [4.69, 9.17) is 5.73 Å². The molecule has 1 atom stereocenters. The second kappa shape index (κ2) is 6.82. The van der Waals surface area contributed by atoms with E-state index in [0.717, 1.165) is 10.0 Å². The van der Waals surface area contributed by atoms with Crippen LogP contribution >= 0.6 is 28.3 Å². The topological polar surface area (TPSA) is 52.3 Å². The van der Waals surface area contributed by atoms with Crippen LogP contribution in [-0.2, 0) is 16.0 Å². The van der Waals surface area contributed by atoms with Crippen molar-refractivity contribution in [3.05, 3.63) is 34.3 Å². The molecule has 0 aliphatic carbocycles. The minimum absolute atomic E-state index is 0. The van der Waals surface area contributed by atoms with Crippen LogP contribution in [0, 0.1) is 0 Å². The predicted molar refractivity (Wildman–Crippen MR) is 65.1 cm³/mol. The highest BCUT2D eigenvalue weighted by Gasteiger charge is 2.13. The Balaban J connectivity index is 0.00000196. The highest BCUT2D eigenvalue weighted by atomic mass is 79.9. The summed E-state index contributed by atoms with van der Waals surface area (Å²) in [7, 11) is 1.34. The van der Waals surface area contributed by atoms with E-state index in [2.05, 4.69) is 20.7 Å². The van der Waals surface area contributed by atoms with E-state index in [1.54, 1.807) is 0 Å². The molecule has 0 amide bonds. The van der Waals surface area contributed by atoms with Gasteiger partial charge in [0.1, 0.15) is 6.04 Å². The molecule has 3 nitrogen and oxygen atoms in total. The lowest BCUT2D eigenvalue weighted by atomic mass is 10.1. The fourth-order valence-corrected chi connectivity index (χ4v) is 1.60. The summed E-state index contributed by atoms with van der Waals surface area (Å²) in [6, 6.07) is 7.10. The van der Waals surface area contributed by atoms with Gasteiger partial charge in [0.2, 0.25) is 0 Å². The van der Waals surface area contributed by atoms with E-state index in [-0.39, 0.29) is 18.4 Å². The average Bonchev–Trinajstić information content (AvgIpc) is 2.16. The Morgan fingerprint density at radius 2 is 2.27 bits per heavy atom. The Morgan fingerprint density at radius 1 is 1.60 bits per heavy atom. The number of hydrogen-bond acceptors (Lipinski definition) is 3. The van der Waals surface area contributed by atoms with Crippen LogP contribution in [0.25, 0.3) is 0 Å². The minimum Gasteiger partial charge on any atom is -0.468 e. The highest BCUT2D eigenvalue weighted by molar-refractivity contribution is 9.10. The van der Waals surface area contributed by atoms with Crippen molar-refractivity contribution >= 4 is 34.3 Å². The number of ether oxygens (including phenoxy) is 1. The number of carbonyl (C=O) groups excluding carboxylic acids is 1. The van der Waals surface area contributed by atoms with Crippen molar-refractivity contribution < 1.29 is 9.53 Å². The van der Waals surface area contributed by atoms with E-state index in [1.165, 1.54) is 7.11 Å². The number of carbonyl (C=O) groups is 1. The lowest BCUT2D eigenvalue weighted by Crippen LogP contribution is -2.33. The third kappa shape index (κ3) is 4.64. The normalized spacial score (nSPS) is 11.4. The molecule has 0 saturated heterocycles. The molecule has 84 valence electrons. The molecule has 0 bridgehead atoms. The van der Waals surface area contributed by atoms with Crippen LogP contribution in [0.5, 0.6) is 0 Å². The van der Waals surface area contributed by atoms with Gasteiger partial charge in [0.25, 0.3) is 0 Å². The van der Waals surface area contributed by atoms with Crippen molar-refractivity contribution in [1.82, 2.24) is 0 Å². The van der Waals surface area contributed by atoms with Crippen LogP contribution in [0.2, 0.25) is 0 Å². The predicted octanol–water partition coefficient (Wildman–Crippen LogP) is 1.91. The number of nitrogens with two attached hydrogens (primary N) is 1. The van der Waals surface area contributed by atoms with E-state index >= 15 is 0 Å². The van der Waals surface area contributed by atoms with E-state index in [9.17, 15) is 4.79 Å². The molecule has 0 radical (unpaired) electrons. The molecular formula is C10H13BrClNO2. The van der Waals surface area contributed by atoms with Crippen molar-refractivity contribution in [1.29, 1.82) is 0 Å². The maximum absolute atomic E-state index is 11.0. The van der Waals surface area contributed by atoms with Gasteiger partial charge in [0.05, 0.1) is 7.11 Å². The van der Waals surface area contributed by atoms with Crippen molar-refractivity contribution in [3.8, 4) is 0 Å². The second-order valence-electron chi connectivity index (χ2n) is 2.96. The molecule has 0 aromatic heterocycles. The largest absolute Gasteiger partial charge is 0.468 e. The minimum atomic E-state index is -0.589. The number of esters is 1. The monoisotopic (exact) mass is 293 g/mol. The summed E-state index contributed by atoms with van der Waals surface area (Å²) >= 11 is 3.35. The van der Waals surface area contributed by atoms with Crippen LogP contribution in [-0.4, -0.2) is 19.1 Å². The first kappa shape index (κ1) is 14.4. The summed E-state index contributed by atoms with van der Waals surface area (Å²) in [5.41, 5.74) is 6.63. The maximum Gasteiger partial charge on any atom is 0.322 e. The molecule has 1 aromatic rings. The molecule has 1 unspecified atom stereocenters. The summed E-state index contributed by atoms with van der Waals surface area (Å²) in [5.74, 6) is -0.384. The Hall–Kier alpha value is -0.580. The van der Waals surface area contributed by atoms with E-state index in [0.29, 0.717) is 6.42 Å². The molecule has 1 rings (SSSR count). The van der Waals surface area contributed by atoms with Crippen LogP contribution in [0.1, 0.15) is 5.56 Å². The third-order valence-corrected chi connectivity index (χ3v) is 2.34. The standard InChI is InChI=1S/C10H12BrNO2.ClH/c1-14-10(13)9(12)6-7-3-2-4-8(11)5-7;/h2-5,9H,6,12H2,1H3;1H. The number of benzene rings is 1. The summed E-state index contributed by atoms with van der Waals surface area (Å²) < 4.78 is 5.52. The number of rotatable bonds is 3. The van der Waals surface area contributed by atoms with Crippen LogP contribution in [0.15, 0.2) is 28.7 Å². The average molecular weight is 295 g/mol. The molecule has 0 aliphatic rings.